The number of para-hydroxylation sites is 1. The van der Waals surface area contributed by atoms with E-state index in [4.69, 9.17) is 9.15 Å². The summed E-state index contributed by atoms with van der Waals surface area (Å²) in [7, 11) is 0. The molecule has 2 aromatic heterocycles. The van der Waals surface area contributed by atoms with Gasteiger partial charge in [0.05, 0.1) is 19.1 Å². The Balaban J connectivity index is 1.28. The molecule has 4 aromatic rings. The van der Waals surface area contributed by atoms with Crippen molar-refractivity contribution in [3.63, 3.8) is 0 Å². The topological polar surface area (TPSA) is 91.7 Å². The standard InChI is InChI=1S/C31H36N4O4/c1-3-38-31(37)25-10-7-14-35(19-25)30(36)28-21-39-29(33-28)20-34(18-23-9-6-8-22(2)16-23)15-13-24-17-32-27-12-5-4-11-26(24)27/h4-6,8-9,11-12,16-17,21,25,32H,3,7,10,13-15,18-20H2,1-2H3. The third-order valence-corrected chi connectivity index (χ3v) is 7.32. The number of carbonyl (C=O) groups is 2. The number of piperidine rings is 1. The number of aryl methyl sites for hydroxylation is 1. The minimum Gasteiger partial charge on any atom is -0.466 e. The van der Waals surface area contributed by atoms with Gasteiger partial charge >= 0.3 is 5.97 Å². The molecule has 0 bridgehead atoms. The first-order chi connectivity index (χ1) is 19.0. The smallest absolute Gasteiger partial charge is 0.310 e. The second-order valence-electron chi connectivity index (χ2n) is 10.3. The number of oxazole rings is 1. The first kappa shape index (κ1) is 26.7. The highest BCUT2D eigenvalue weighted by atomic mass is 16.5. The SMILES string of the molecule is CCOC(=O)C1CCCN(C(=O)c2coc(CN(CCc3c[nH]c4ccccc34)Cc3cccc(C)c3)n2)C1. The average Bonchev–Trinajstić information content (AvgIpc) is 3.59. The lowest BCUT2D eigenvalue weighted by Gasteiger charge is -2.30. The van der Waals surface area contributed by atoms with Crippen molar-refractivity contribution >= 4 is 22.8 Å². The zero-order chi connectivity index (χ0) is 27.2. The largest absolute Gasteiger partial charge is 0.466 e. The van der Waals surface area contributed by atoms with Crippen molar-refractivity contribution in [2.24, 2.45) is 5.92 Å². The van der Waals surface area contributed by atoms with Gasteiger partial charge in [-0.2, -0.15) is 0 Å². The number of esters is 1. The summed E-state index contributed by atoms with van der Waals surface area (Å²) < 4.78 is 11.0. The normalized spacial score (nSPS) is 15.7. The zero-order valence-electron chi connectivity index (χ0n) is 22.7. The Labute approximate surface area is 229 Å². The number of hydrogen-bond acceptors (Lipinski definition) is 6. The summed E-state index contributed by atoms with van der Waals surface area (Å²) in [5, 5.41) is 1.24. The van der Waals surface area contributed by atoms with Crippen LogP contribution in [0.3, 0.4) is 0 Å². The fourth-order valence-corrected chi connectivity index (χ4v) is 5.35. The molecule has 0 aliphatic carbocycles. The van der Waals surface area contributed by atoms with Gasteiger partial charge in [0.25, 0.3) is 5.91 Å². The molecule has 1 aliphatic rings. The zero-order valence-corrected chi connectivity index (χ0v) is 22.7. The van der Waals surface area contributed by atoms with Crippen molar-refractivity contribution in [3.05, 3.63) is 89.3 Å². The van der Waals surface area contributed by atoms with Gasteiger partial charge in [-0.3, -0.25) is 14.5 Å². The monoisotopic (exact) mass is 528 g/mol. The summed E-state index contributed by atoms with van der Waals surface area (Å²) in [6, 6.07) is 16.8. The summed E-state index contributed by atoms with van der Waals surface area (Å²) >= 11 is 0. The molecule has 8 heteroatoms. The Bertz CT molecular complexity index is 1420. The average molecular weight is 529 g/mol. The van der Waals surface area contributed by atoms with Crippen LogP contribution < -0.4 is 0 Å². The van der Waals surface area contributed by atoms with Crippen molar-refractivity contribution < 1.29 is 18.7 Å². The number of amides is 1. The van der Waals surface area contributed by atoms with Crippen LogP contribution in [0.15, 0.2) is 65.4 Å². The molecule has 0 spiro atoms. The molecule has 0 radical (unpaired) electrons. The fraction of sp³-hybridized carbons (Fsp3) is 0.387. The van der Waals surface area contributed by atoms with Crippen molar-refractivity contribution in [1.29, 1.82) is 0 Å². The van der Waals surface area contributed by atoms with Crippen molar-refractivity contribution in [3.8, 4) is 0 Å². The molecule has 2 aromatic carbocycles. The Kier molecular flexibility index (Phi) is 8.42. The highest BCUT2D eigenvalue weighted by Gasteiger charge is 2.31. The maximum Gasteiger partial charge on any atom is 0.310 e. The van der Waals surface area contributed by atoms with Gasteiger partial charge in [-0.1, -0.05) is 48.0 Å². The number of nitrogens with one attached hydrogen (secondary N) is 1. The highest BCUT2D eigenvalue weighted by molar-refractivity contribution is 5.92. The van der Waals surface area contributed by atoms with Crippen LogP contribution in [-0.4, -0.2) is 57.9 Å². The van der Waals surface area contributed by atoms with Gasteiger partial charge < -0.3 is 19.0 Å². The van der Waals surface area contributed by atoms with E-state index in [0.29, 0.717) is 32.1 Å². The second-order valence-corrected chi connectivity index (χ2v) is 10.3. The molecule has 1 unspecified atom stereocenters. The van der Waals surface area contributed by atoms with E-state index in [2.05, 4.69) is 70.5 Å². The van der Waals surface area contributed by atoms with E-state index in [9.17, 15) is 9.59 Å². The molecule has 0 saturated carbocycles. The third-order valence-electron chi connectivity index (χ3n) is 7.32. The number of benzene rings is 2. The van der Waals surface area contributed by atoms with Gasteiger partial charge in [0.1, 0.15) is 6.26 Å². The number of nitrogens with zero attached hydrogens (tertiary/aromatic N) is 3. The summed E-state index contributed by atoms with van der Waals surface area (Å²) in [5.74, 6) is -0.229. The molecular weight excluding hydrogens is 492 g/mol. The molecule has 1 amide bonds. The van der Waals surface area contributed by atoms with E-state index in [1.54, 1.807) is 11.8 Å². The Morgan fingerprint density at radius 2 is 2.05 bits per heavy atom. The fourth-order valence-electron chi connectivity index (χ4n) is 5.35. The number of H-pyrrole nitrogens is 1. The molecule has 1 aliphatic heterocycles. The van der Waals surface area contributed by atoms with Crippen LogP contribution in [-0.2, 0) is 29.0 Å². The van der Waals surface area contributed by atoms with E-state index >= 15 is 0 Å². The highest BCUT2D eigenvalue weighted by Crippen LogP contribution is 2.22. The molecule has 3 heterocycles. The lowest BCUT2D eigenvalue weighted by Crippen LogP contribution is -2.43. The predicted octanol–water partition coefficient (Wildman–Crippen LogP) is 5.12. The number of fused-ring (bicyclic) bond motifs is 1. The molecule has 204 valence electrons. The van der Waals surface area contributed by atoms with Gasteiger partial charge in [0, 0.05) is 43.3 Å². The van der Waals surface area contributed by atoms with Crippen LogP contribution >= 0.6 is 0 Å². The van der Waals surface area contributed by atoms with Crippen LogP contribution in [0.1, 0.15) is 52.8 Å². The van der Waals surface area contributed by atoms with E-state index in [0.717, 1.165) is 37.9 Å². The number of aromatic amines is 1. The minimum absolute atomic E-state index is 0.206. The Hall–Kier alpha value is -3.91. The molecule has 1 N–H and O–H groups in total. The van der Waals surface area contributed by atoms with E-state index in [1.165, 1.54) is 28.3 Å². The predicted molar refractivity (Wildman–Crippen MR) is 149 cm³/mol. The third kappa shape index (κ3) is 6.57. The summed E-state index contributed by atoms with van der Waals surface area (Å²) in [4.78, 5) is 37.3. The first-order valence-corrected chi connectivity index (χ1v) is 13.7. The van der Waals surface area contributed by atoms with Crippen LogP contribution in [0.5, 0.6) is 0 Å². The first-order valence-electron chi connectivity index (χ1n) is 13.7. The lowest BCUT2D eigenvalue weighted by atomic mass is 9.98. The number of ether oxygens (including phenoxy) is 1. The number of carbonyl (C=O) groups excluding carboxylic acids is 2. The van der Waals surface area contributed by atoms with Gasteiger partial charge in [-0.15, -0.1) is 0 Å². The van der Waals surface area contributed by atoms with Gasteiger partial charge in [0.15, 0.2) is 5.69 Å². The van der Waals surface area contributed by atoms with Crippen molar-refractivity contribution in [1.82, 2.24) is 19.8 Å². The van der Waals surface area contributed by atoms with E-state index in [1.807, 2.05) is 6.07 Å². The maximum absolute atomic E-state index is 13.2. The minimum atomic E-state index is -0.289. The Morgan fingerprint density at radius 1 is 1.18 bits per heavy atom. The van der Waals surface area contributed by atoms with Crippen LogP contribution in [0, 0.1) is 12.8 Å². The summed E-state index contributed by atoms with van der Waals surface area (Å²) in [6.07, 6.45) is 5.89. The van der Waals surface area contributed by atoms with Gasteiger partial charge in [-0.05, 0) is 50.3 Å². The van der Waals surface area contributed by atoms with E-state index in [-0.39, 0.29) is 23.5 Å². The Morgan fingerprint density at radius 3 is 2.90 bits per heavy atom. The van der Waals surface area contributed by atoms with Gasteiger partial charge in [0.2, 0.25) is 5.89 Å². The summed E-state index contributed by atoms with van der Waals surface area (Å²) in [5.41, 5.74) is 5.12. The molecule has 5 rings (SSSR count). The number of rotatable bonds is 10. The van der Waals surface area contributed by atoms with E-state index < -0.39 is 0 Å². The molecule has 39 heavy (non-hydrogen) atoms. The maximum atomic E-state index is 13.2. The van der Waals surface area contributed by atoms with Crippen LogP contribution in [0.2, 0.25) is 0 Å². The number of hydrogen-bond donors (Lipinski definition) is 1. The molecular formula is C31H36N4O4. The van der Waals surface area contributed by atoms with Crippen LogP contribution in [0.4, 0.5) is 0 Å². The quantitative estimate of drug-likeness (QED) is 0.287. The molecule has 1 saturated heterocycles. The molecule has 1 fully saturated rings. The molecule has 8 nitrogen and oxygen atoms in total. The van der Waals surface area contributed by atoms with Gasteiger partial charge in [-0.25, -0.2) is 4.98 Å². The molecule has 1 atom stereocenters. The number of aromatic nitrogens is 2. The number of likely N-dealkylation sites (tertiary alicyclic amines) is 1. The second kappa shape index (κ2) is 12.3. The van der Waals surface area contributed by atoms with Crippen LogP contribution in [0.25, 0.3) is 10.9 Å². The van der Waals surface area contributed by atoms with Crippen molar-refractivity contribution in [2.75, 3.05) is 26.2 Å². The summed E-state index contributed by atoms with van der Waals surface area (Å²) in [6.45, 7) is 7.20. The van der Waals surface area contributed by atoms with Crippen molar-refractivity contribution in [2.45, 2.75) is 46.2 Å². The lowest BCUT2D eigenvalue weighted by molar-refractivity contribution is -0.149.